The number of aromatic nitrogens is 2. The van der Waals surface area contributed by atoms with Gasteiger partial charge in [-0.05, 0) is 6.07 Å². The molecular weight excluding hydrogens is 348 g/mol. The van der Waals surface area contributed by atoms with Gasteiger partial charge >= 0.3 is 5.69 Å². The third-order valence-corrected chi connectivity index (χ3v) is 4.44. The molecule has 2 saturated heterocycles. The maximum Gasteiger partial charge on any atom is 0.351 e. The van der Waals surface area contributed by atoms with Crippen LogP contribution < -0.4 is 11.4 Å². The van der Waals surface area contributed by atoms with Crippen molar-refractivity contribution >= 4 is 5.82 Å². The number of hydrogen-bond donors (Lipinski definition) is 4. The summed E-state index contributed by atoms with van der Waals surface area (Å²) in [4.78, 5) is 21.4. The molecule has 11 heteroatoms. The van der Waals surface area contributed by atoms with E-state index in [9.17, 15) is 20.1 Å². The summed E-state index contributed by atoms with van der Waals surface area (Å²) in [5, 5.41) is 31.8. The number of hydrogen-bond acceptors (Lipinski definition) is 10. The minimum atomic E-state index is -1.36. The second-order valence-electron chi connectivity index (χ2n) is 6.21. The number of aliphatic hydroxyl groups excluding tert-OH is 3. The first-order chi connectivity index (χ1) is 12.5. The van der Waals surface area contributed by atoms with E-state index >= 15 is 0 Å². The molecule has 11 nitrogen and oxygen atoms in total. The molecule has 5 atom stereocenters. The van der Waals surface area contributed by atoms with Gasteiger partial charge in [-0.25, -0.2) is 4.79 Å². The van der Waals surface area contributed by atoms with Gasteiger partial charge in [0.2, 0.25) is 0 Å². The first-order valence-electron chi connectivity index (χ1n) is 8.48. The van der Waals surface area contributed by atoms with Crippen LogP contribution in [0, 0.1) is 0 Å². The van der Waals surface area contributed by atoms with E-state index in [2.05, 4.69) is 4.98 Å². The zero-order valence-electron chi connectivity index (χ0n) is 14.2. The lowest BCUT2D eigenvalue weighted by atomic mass is 10.0. The zero-order chi connectivity index (χ0) is 18.7. The molecule has 0 saturated carbocycles. The van der Waals surface area contributed by atoms with Crippen LogP contribution in [0.25, 0.3) is 0 Å². The highest BCUT2D eigenvalue weighted by Gasteiger charge is 2.48. The molecule has 0 radical (unpaired) electrons. The molecule has 3 rings (SSSR count). The number of rotatable bonds is 6. The third kappa shape index (κ3) is 4.04. The summed E-state index contributed by atoms with van der Waals surface area (Å²) in [6.45, 7) is 1.91. The fraction of sp³-hybridized carbons (Fsp3) is 0.733. The number of nitrogens with two attached hydrogens (primary N) is 1. The summed E-state index contributed by atoms with van der Waals surface area (Å²) in [6.07, 6.45) is -3.91. The molecule has 0 spiro atoms. The molecular formula is C15H24N4O7. The van der Waals surface area contributed by atoms with Gasteiger partial charge < -0.3 is 30.5 Å². The Kier molecular flexibility index (Phi) is 6.19. The molecule has 0 amide bonds. The molecule has 1 aromatic rings. The van der Waals surface area contributed by atoms with E-state index in [1.807, 2.05) is 0 Å². The fourth-order valence-electron chi connectivity index (χ4n) is 3.09. The molecule has 1 unspecified atom stereocenters. The van der Waals surface area contributed by atoms with Gasteiger partial charge in [0, 0.05) is 32.3 Å². The van der Waals surface area contributed by atoms with Crippen molar-refractivity contribution in [2.75, 3.05) is 38.6 Å². The van der Waals surface area contributed by atoms with E-state index in [-0.39, 0.29) is 18.8 Å². The molecule has 0 bridgehead atoms. The minimum Gasteiger partial charge on any atom is -0.396 e. The molecule has 146 valence electrons. The molecule has 2 fully saturated rings. The van der Waals surface area contributed by atoms with Crippen LogP contribution in [0.15, 0.2) is 17.1 Å². The monoisotopic (exact) mass is 372 g/mol. The summed E-state index contributed by atoms with van der Waals surface area (Å²) < 4.78 is 12.1. The van der Waals surface area contributed by atoms with Crippen LogP contribution in [0.5, 0.6) is 0 Å². The highest BCUT2D eigenvalue weighted by molar-refractivity contribution is 5.23. The molecule has 3 heterocycles. The van der Waals surface area contributed by atoms with Crippen LogP contribution in [0.2, 0.25) is 0 Å². The third-order valence-electron chi connectivity index (χ3n) is 4.44. The van der Waals surface area contributed by atoms with Crippen LogP contribution in [-0.4, -0.2) is 87.3 Å². The second kappa shape index (κ2) is 8.39. The second-order valence-corrected chi connectivity index (χ2v) is 6.21. The molecule has 0 aromatic carbocycles. The summed E-state index contributed by atoms with van der Waals surface area (Å²) in [5.74, 6) is 0.0460. The maximum absolute atomic E-state index is 12.0. The highest BCUT2D eigenvalue weighted by atomic mass is 16.7. The van der Waals surface area contributed by atoms with Crippen molar-refractivity contribution < 1.29 is 29.6 Å². The van der Waals surface area contributed by atoms with Crippen molar-refractivity contribution in [1.82, 2.24) is 14.6 Å². The van der Waals surface area contributed by atoms with Crippen molar-refractivity contribution in [3.05, 3.63) is 22.7 Å². The zero-order valence-corrected chi connectivity index (χ0v) is 14.2. The number of morpholine rings is 1. The van der Waals surface area contributed by atoms with Crippen LogP contribution in [0.3, 0.4) is 0 Å². The molecule has 2 aliphatic rings. The number of nitrogen functional groups attached to an aromatic ring is 1. The average Bonchev–Trinajstić information content (AvgIpc) is 2.91. The predicted molar refractivity (Wildman–Crippen MR) is 87.8 cm³/mol. The Bertz CT molecular complexity index is 651. The van der Waals surface area contributed by atoms with Gasteiger partial charge in [-0.15, -0.1) is 0 Å². The SMILES string of the molecule is Nc1ccn([C@@H]2O[C@H](C(CCO)ON3CCOCC3)[C@@H](O)[C@H]2O)c(=O)n1. The van der Waals surface area contributed by atoms with Gasteiger partial charge in [0.15, 0.2) is 6.23 Å². The molecule has 5 N–H and O–H groups in total. The highest BCUT2D eigenvalue weighted by Crippen LogP contribution is 2.32. The fourth-order valence-corrected chi connectivity index (χ4v) is 3.09. The number of anilines is 1. The van der Waals surface area contributed by atoms with Gasteiger partial charge in [-0.2, -0.15) is 10.0 Å². The Morgan fingerprint density at radius 2 is 2.08 bits per heavy atom. The van der Waals surface area contributed by atoms with Crippen molar-refractivity contribution in [2.24, 2.45) is 0 Å². The molecule has 1 aromatic heterocycles. The van der Waals surface area contributed by atoms with E-state index < -0.39 is 36.3 Å². The Labute approximate surface area is 149 Å². The van der Waals surface area contributed by atoms with Gasteiger partial charge in [-0.1, -0.05) is 0 Å². The summed E-state index contributed by atoms with van der Waals surface area (Å²) in [6, 6.07) is 1.40. The topological polar surface area (TPSA) is 153 Å². The lowest BCUT2D eigenvalue weighted by Gasteiger charge is -2.33. The van der Waals surface area contributed by atoms with Crippen LogP contribution in [0.1, 0.15) is 12.6 Å². The predicted octanol–water partition coefficient (Wildman–Crippen LogP) is -2.54. The Hall–Kier alpha value is -1.60. The van der Waals surface area contributed by atoms with Gasteiger partial charge in [0.05, 0.1) is 13.2 Å². The summed E-state index contributed by atoms with van der Waals surface area (Å²) >= 11 is 0. The largest absolute Gasteiger partial charge is 0.396 e. The summed E-state index contributed by atoms with van der Waals surface area (Å²) in [7, 11) is 0. The first-order valence-corrected chi connectivity index (χ1v) is 8.48. The van der Waals surface area contributed by atoms with Gasteiger partial charge in [-0.3, -0.25) is 9.40 Å². The normalized spacial score (nSPS) is 31.2. The summed E-state index contributed by atoms with van der Waals surface area (Å²) in [5.41, 5.74) is 4.77. The lowest BCUT2D eigenvalue weighted by Crippen LogP contribution is -2.46. The van der Waals surface area contributed by atoms with Crippen molar-refractivity contribution in [3.63, 3.8) is 0 Å². The Morgan fingerprint density at radius 1 is 1.35 bits per heavy atom. The smallest absolute Gasteiger partial charge is 0.351 e. The number of nitrogens with zero attached hydrogens (tertiary/aromatic N) is 3. The van der Waals surface area contributed by atoms with E-state index in [4.69, 9.17) is 20.0 Å². The van der Waals surface area contributed by atoms with E-state index in [0.717, 1.165) is 4.57 Å². The molecule has 0 aliphatic carbocycles. The van der Waals surface area contributed by atoms with Crippen LogP contribution in [-0.2, 0) is 14.3 Å². The Balaban J connectivity index is 1.76. The lowest BCUT2D eigenvalue weighted by molar-refractivity contribution is -0.257. The van der Waals surface area contributed by atoms with E-state index in [0.29, 0.717) is 26.3 Å². The molecule has 26 heavy (non-hydrogen) atoms. The van der Waals surface area contributed by atoms with Crippen LogP contribution >= 0.6 is 0 Å². The maximum atomic E-state index is 12.0. The molecule has 2 aliphatic heterocycles. The van der Waals surface area contributed by atoms with Gasteiger partial charge in [0.1, 0.15) is 30.2 Å². The average molecular weight is 372 g/mol. The van der Waals surface area contributed by atoms with E-state index in [1.54, 1.807) is 5.06 Å². The minimum absolute atomic E-state index is 0.0460. The number of aliphatic hydroxyl groups is 3. The Morgan fingerprint density at radius 3 is 2.73 bits per heavy atom. The number of hydroxylamine groups is 2. The van der Waals surface area contributed by atoms with Crippen molar-refractivity contribution in [3.8, 4) is 0 Å². The van der Waals surface area contributed by atoms with Crippen molar-refractivity contribution in [2.45, 2.75) is 37.1 Å². The van der Waals surface area contributed by atoms with Gasteiger partial charge in [0.25, 0.3) is 0 Å². The quantitative estimate of drug-likeness (QED) is 0.420. The standard InChI is InChI=1S/C15H24N4O7/c16-10-1-3-19(15(23)17-10)14-12(22)11(21)13(25-14)9(2-6-20)26-18-4-7-24-8-5-18/h1,3,9,11-14,20-22H,2,4-8H2,(H2,16,17,23)/t9?,11-,12+,13+,14+/m0/s1. The number of ether oxygens (including phenoxy) is 2. The first kappa shape index (κ1) is 19.2. The van der Waals surface area contributed by atoms with Crippen molar-refractivity contribution in [1.29, 1.82) is 0 Å². The van der Waals surface area contributed by atoms with E-state index in [1.165, 1.54) is 12.3 Å². The van der Waals surface area contributed by atoms with Crippen LogP contribution in [0.4, 0.5) is 5.82 Å².